The zero-order valence-corrected chi connectivity index (χ0v) is 15.3. The summed E-state index contributed by atoms with van der Waals surface area (Å²) in [6, 6.07) is -0.681. The zero-order chi connectivity index (χ0) is 11.3. The van der Waals surface area contributed by atoms with Gasteiger partial charge in [-0.3, -0.25) is 0 Å². The van der Waals surface area contributed by atoms with Crippen molar-refractivity contribution in [2.24, 2.45) is 0 Å². The smallest absolute Gasteiger partial charge is 0.480 e. The molecule has 0 aliphatic carbocycles. The van der Waals surface area contributed by atoms with Crippen LogP contribution in [0.1, 0.15) is 38.6 Å². The van der Waals surface area contributed by atoms with Gasteiger partial charge in [-0.05, 0) is 18.6 Å². The Hall–Kier alpha value is 0.760. The van der Waals surface area contributed by atoms with E-state index in [1.54, 1.807) is 0 Å². The molecule has 0 bridgehead atoms. The van der Waals surface area contributed by atoms with Crippen LogP contribution in [-0.4, -0.2) is 31.3 Å². The van der Waals surface area contributed by atoms with Crippen LogP contribution in [0.2, 0.25) is 0 Å². The minimum atomic E-state index is -0.909. The van der Waals surface area contributed by atoms with Crippen molar-refractivity contribution in [1.82, 2.24) is 20.2 Å². The van der Waals surface area contributed by atoms with Crippen LogP contribution in [0.3, 0.4) is 0 Å². The first-order chi connectivity index (χ1) is 7.16. The summed E-state index contributed by atoms with van der Waals surface area (Å²) in [6.45, 7) is 2.07. The molecule has 1 rings (SSSR count). The van der Waals surface area contributed by atoms with E-state index in [-0.39, 0.29) is 63.9 Å². The Morgan fingerprint density at radius 2 is 2.18 bits per heavy atom. The van der Waals surface area contributed by atoms with E-state index in [0.717, 1.165) is 19.3 Å². The number of carboxylic acid groups (broad SMARTS) is 1. The van der Waals surface area contributed by atoms with Crippen molar-refractivity contribution < 1.29 is 69.0 Å². The van der Waals surface area contributed by atoms with E-state index in [4.69, 9.17) is 17.3 Å². The fourth-order valence-corrected chi connectivity index (χ4v) is 1.57. The molecule has 0 amide bonds. The molecule has 0 fully saturated rings. The molecule has 1 unspecified atom stereocenters. The summed E-state index contributed by atoms with van der Waals surface area (Å²) >= 11 is 4.85. The number of nitrogens with zero attached hydrogens (tertiary/aromatic N) is 3. The summed E-state index contributed by atoms with van der Waals surface area (Å²) in [5.74, 6) is -0.909. The average molecular weight is 276 g/mol. The maximum Gasteiger partial charge on any atom is 1.00 e. The minimum Gasteiger partial charge on any atom is -0.480 e. The largest absolute Gasteiger partial charge is 1.00 e. The molecule has 1 aromatic rings. The number of aliphatic carboxylic acids is 1. The molecule has 0 saturated heterocycles. The molecule has 1 atom stereocenters. The van der Waals surface area contributed by atoms with Crippen molar-refractivity contribution in [2.75, 3.05) is 0 Å². The molecule has 1 aromatic heterocycles. The van der Waals surface area contributed by atoms with E-state index < -0.39 is 12.0 Å². The summed E-state index contributed by atoms with van der Waals surface area (Å²) in [7, 11) is 0. The third-order valence-corrected chi connectivity index (χ3v) is 2.45. The van der Waals surface area contributed by atoms with E-state index in [9.17, 15) is 4.79 Å². The number of hydrogen-bond donors (Lipinski definition) is 2. The van der Waals surface area contributed by atoms with Crippen molar-refractivity contribution in [2.45, 2.75) is 38.6 Å². The molecule has 2 N–H and O–H groups in total. The number of hydrogen-bond acceptors (Lipinski definition) is 4. The Labute approximate surface area is 149 Å². The Balaban J connectivity index is 0. The van der Waals surface area contributed by atoms with Crippen LogP contribution in [0, 0.1) is 4.77 Å². The molecule has 1 heterocycles. The monoisotopic (exact) mass is 276 g/mol. The number of nitrogens with one attached hydrogen (secondary N) is 1. The number of H-pyrrole nitrogens is 1. The van der Waals surface area contributed by atoms with Gasteiger partial charge in [-0.15, -0.1) is 0 Å². The molecule has 0 spiro atoms. The predicted octanol–water partition coefficient (Wildman–Crippen LogP) is -4.45. The van der Waals surface area contributed by atoms with Crippen LogP contribution in [0.25, 0.3) is 0 Å². The normalized spacial score (nSPS) is 11.1. The van der Waals surface area contributed by atoms with Gasteiger partial charge in [0.2, 0.25) is 4.77 Å². The zero-order valence-electron chi connectivity index (χ0n) is 10.5. The standard InChI is InChI=1S/C8H14N4O2S.2Na/c1-2-3-4-5-6(7(13)14)12-8(15)9-10-11-12;;/h6H,2-5H2,1H3,(H,13,14)(H,9,11,15);;/q;2*+1. The molecular formula is C8H14N4Na2O2S+2. The molecule has 0 saturated carbocycles. The fourth-order valence-electron chi connectivity index (χ4n) is 1.36. The van der Waals surface area contributed by atoms with E-state index in [0.29, 0.717) is 6.42 Å². The molecule has 6 nitrogen and oxygen atoms in total. The van der Waals surface area contributed by atoms with Gasteiger partial charge >= 0.3 is 65.1 Å². The van der Waals surface area contributed by atoms with Crippen molar-refractivity contribution in [3.05, 3.63) is 4.77 Å². The van der Waals surface area contributed by atoms with E-state index in [2.05, 4.69) is 22.4 Å². The first kappa shape index (κ1) is 20.1. The Bertz CT molecular complexity index is 382. The topological polar surface area (TPSA) is 83.8 Å². The number of carboxylic acids is 1. The Morgan fingerprint density at radius 3 is 2.59 bits per heavy atom. The van der Waals surface area contributed by atoms with Crippen molar-refractivity contribution in [3.8, 4) is 0 Å². The summed E-state index contributed by atoms with van der Waals surface area (Å²) < 4.78 is 1.49. The number of aromatic amines is 1. The first-order valence-electron chi connectivity index (χ1n) is 4.89. The second kappa shape index (κ2) is 10.7. The van der Waals surface area contributed by atoms with Crippen molar-refractivity contribution >= 4 is 18.2 Å². The molecule has 0 aliphatic rings. The van der Waals surface area contributed by atoms with Crippen LogP contribution < -0.4 is 59.1 Å². The van der Waals surface area contributed by atoms with Gasteiger partial charge in [0.25, 0.3) is 0 Å². The van der Waals surface area contributed by atoms with Gasteiger partial charge in [0, 0.05) is 0 Å². The molecule has 0 aliphatic heterocycles. The van der Waals surface area contributed by atoms with E-state index >= 15 is 0 Å². The van der Waals surface area contributed by atoms with Gasteiger partial charge < -0.3 is 5.11 Å². The van der Waals surface area contributed by atoms with Gasteiger partial charge in [-0.1, -0.05) is 36.5 Å². The van der Waals surface area contributed by atoms with Crippen molar-refractivity contribution in [1.29, 1.82) is 0 Å². The van der Waals surface area contributed by atoms with E-state index in [1.165, 1.54) is 4.68 Å². The van der Waals surface area contributed by atoms with Gasteiger partial charge in [0.05, 0.1) is 0 Å². The van der Waals surface area contributed by atoms with Crippen LogP contribution in [-0.2, 0) is 4.79 Å². The van der Waals surface area contributed by atoms with Gasteiger partial charge in [0.15, 0.2) is 6.04 Å². The third-order valence-electron chi connectivity index (χ3n) is 2.17. The molecule has 17 heavy (non-hydrogen) atoms. The van der Waals surface area contributed by atoms with Crippen LogP contribution >= 0.6 is 12.2 Å². The van der Waals surface area contributed by atoms with Gasteiger partial charge in [-0.25, -0.2) is 9.48 Å². The van der Waals surface area contributed by atoms with Crippen LogP contribution in [0.15, 0.2) is 0 Å². The Morgan fingerprint density at radius 1 is 1.53 bits per heavy atom. The minimum absolute atomic E-state index is 0. The number of carbonyl (C=O) groups is 1. The summed E-state index contributed by atoms with van der Waals surface area (Å²) in [6.07, 6.45) is 3.47. The number of tetrazole rings is 1. The second-order valence-corrected chi connectivity index (χ2v) is 3.67. The molecule has 0 radical (unpaired) electrons. The van der Waals surface area contributed by atoms with Gasteiger partial charge in [-0.2, -0.15) is 5.21 Å². The van der Waals surface area contributed by atoms with Crippen LogP contribution in [0.4, 0.5) is 0 Å². The molecule has 9 heteroatoms. The molecule has 84 valence electrons. The number of rotatable bonds is 6. The average Bonchev–Trinajstić information content (AvgIpc) is 2.59. The van der Waals surface area contributed by atoms with E-state index in [1.807, 2.05) is 0 Å². The van der Waals surface area contributed by atoms with Crippen LogP contribution in [0.5, 0.6) is 0 Å². The summed E-state index contributed by atoms with van der Waals surface area (Å²) in [4.78, 5) is 11.0. The second-order valence-electron chi connectivity index (χ2n) is 3.30. The predicted molar refractivity (Wildman–Crippen MR) is 56.0 cm³/mol. The fraction of sp³-hybridized carbons (Fsp3) is 0.750. The maximum absolute atomic E-state index is 11.0. The molecule has 0 aromatic carbocycles. The number of unbranched alkanes of at least 4 members (excludes halogenated alkanes) is 2. The Kier molecular flexibility index (Phi) is 12.6. The SMILES string of the molecule is CCCCCC(C(=O)O)n1[nH]nnc1=S.[Na+].[Na+]. The quantitative estimate of drug-likeness (QED) is 0.311. The maximum atomic E-state index is 11.0. The van der Waals surface area contributed by atoms with Crippen molar-refractivity contribution in [3.63, 3.8) is 0 Å². The first-order valence-corrected chi connectivity index (χ1v) is 5.30. The summed E-state index contributed by atoms with van der Waals surface area (Å²) in [5.41, 5.74) is 0. The molecular weight excluding hydrogens is 262 g/mol. The summed E-state index contributed by atoms with van der Waals surface area (Å²) in [5, 5.41) is 18.5. The third kappa shape index (κ3) is 6.47. The number of aromatic nitrogens is 4. The van der Waals surface area contributed by atoms with Gasteiger partial charge in [0.1, 0.15) is 0 Å².